The Kier molecular flexibility index (Phi) is 6.52. The zero-order valence-corrected chi connectivity index (χ0v) is 22.1. The molecule has 1 spiro atoms. The van der Waals surface area contributed by atoms with Gasteiger partial charge in [0.25, 0.3) is 0 Å². The zero-order valence-electron chi connectivity index (χ0n) is 21.4. The summed E-state index contributed by atoms with van der Waals surface area (Å²) in [6, 6.07) is 14.0. The molecule has 3 aliphatic heterocycles. The van der Waals surface area contributed by atoms with Crippen LogP contribution in [-0.2, 0) is 25.7 Å². The molecule has 7 nitrogen and oxygen atoms in total. The molecule has 198 valence electrons. The lowest BCUT2D eigenvalue weighted by atomic mass is 9.74. The quantitative estimate of drug-likeness (QED) is 0.539. The predicted molar refractivity (Wildman–Crippen MR) is 144 cm³/mol. The fourth-order valence-electron chi connectivity index (χ4n) is 6.64. The van der Waals surface area contributed by atoms with Crippen molar-refractivity contribution in [2.75, 3.05) is 5.32 Å². The maximum Gasteiger partial charge on any atom is 0.246 e. The van der Waals surface area contributed by atoms with Gasteiger partial charge in [0.2, 0.25) is 17.7 Å². The van der Waals surface area contributed by atoms with Gasteiger partial charge in [-0.25, -0.2) is 0 Å². The van der Waals surface area contributed by atoms with E-state index in [2.05, 4.69) is 10.6 Å². The van der Waals surface area contributed by atoms with Gasteiger partial charge in [0.15, 0.2) is 0 Å². The van der Waals surface area contributed by atoms with E-state index in [-0.39, 0.29) is 30.3 Å². The van der Waals surface area contributed by atoms with Gasteiger partial charge in [-0.2, -0.15) is 0 Å². The fraction of sp³-hybridized carbons (Fsp3) is 0.433. The van der Waals surface area contributed by atoms with E-state index in [1.54, 1.807) is 11.0 Å². The van der Waals surface area contributed by atoms with Crippen molar-refractivity contribution in [2.45, 2.75) is 69.4 Å². The first-order valence-corrected chi connectivity index (χ1v) is 13.8. The molecule has 2 bridgehead atoms. The molecule has 2 N–H and O–H groups in total. The predicted octanol–water partition coefficient (Wildman–Crippen LogP) is 4.39. The summed E-state index contributed by atoms with van der Waals surface area (Å²) < 4.78 is 6.44. The third-order valence-electron chi connectivity index (χ3n) is 8.49. The number of fused-ring (bicyclic) bond motifs is 1. The van der Waals surface area contributed by atoms with E-state index >= 15 is 0 Å². The highest BCUT2D eigenvalue weighted by atomic mass is 35.5. The van der Waals surface area contributed by atoms with Gasteiger partial charge in [-0.3, -0.25) is 14.4 Å². The lowest BCUT2D eigenvalue weighted by Gasteiger charge is -2.34. The van der Waals surface area contributed by atoms with Crippen LogP contribution in [0.15, 0.2) is 60.7 Å². The molecule has 3 unspecified atom stereocenters. The molecule has 0 radical (unpaired) electrons. The zero-order chi connectivity index (χ0) is 26.4. The van der Waals surface area contributed by atoms with E-state index in [1.165, 1.54) is 6.42 Å². The number of carbonyl (C=O) groups is 3. The van der Waals surface area contributed by atoms with E-state index in [0.717, 1.165) is 36.8 Å². The molecule has 6 rings (SSSR count). The molecule has 4 aliphatic rings. The smallest absolute Gasteiger partial charge is 0.246 e. The Hall–Kier alpha value is -3.16. The van der Waals surface area contributed by atoms with Crippen molar-refractivity contribution in [3.63, 3.8) is 0 Å². The summed E-state index contributed by atoms with van der Waals surface area (Å²) in [5, 5.41) is 6.70. The number of hydrogen-bond donors (Lipinski definition) is 2. The van der Waals surface area contributed by atoms with Crippen LogP contribution in [0.25, 0.3) is 0 Å². The van der Waals surface area contributed by atoms with Crippen LogP contribution in [0.4, 0.5) is 5.69 Å². The lowest BCUT2D eigenvalue weighted by molar-refractivity contribution is -0.142. The minimum atomic E-state index is -1.20. The summed E-state index contributed by atoms with van der Waals surface area (Å²) in [7, 11) is 0. The second kappa shape index (κ2) is 9.86. The van der Waals surface area contributed by atoms with Gasteiger partial charge in [-0.05, 0) is 43.5 Å². The summed E-state index contributed by atoms with van der Waals surface area (Å²) in [5.41, 5.74) is 1.29. The summed E-state index contributed by atoms with van der Waals surface area (Å²) in [6.07, 6.45) is 8.28. The van der Waals surface area contributed by atoms with Crippen molar-refractivity contribution in [1.29, 1.82) is 0 Å². The van der Waals surface area contributed by atoms with Gasteiger partial charge in [0.05, 0.1) is 17.9 Å². The van der Waals surface area contributed by atoms with Crippen molar-refractivity contribution in [1.82, 2.24) is 10.2 Å². The molecule has 0 aromatic heterocycles. The first-order chi connectivity index (χ1) is 18.4. The standard InChI is InChI=1S/C30H32ClN3O4/c1-18-11-13-21(14-12-18)32-27(35)24-23-15-16-30(38-23)25(24)29(37)34(17-19-7-5-6-10-22(19)31)26(30)28(36)33-20-8-3-2-4-9-20/h5-7,10-16,20,23-26H,2-4,8-9,17H2,1H3,(H,32,35)(H,33,36)/t23-,24?,25-,26?,30?/m1/s1. The summed E-state index contributed by atoms with van der Waals surface area (Å²) in [4.78, 5) is 43.2. The van der Waals surface area contributed by atoms with Gasteiger partial charge < -0.3 is 20.3 Å². The Morgan fingerprint density at radius 2 is 1.79 bits per heavy atom. The number of amides is 3. The van der Waals surface area contributed by atoms with E-state index in [9.17, 15) is 14.4 Å². The molecule has 5 atom stereocenters. The molecule has 2 saturated heterocycles. The molecule has 3 amide bonds. The number of benzene rings is 2. The van der Waals surface area contributed by atoms with Gasteiger partial charge in [-0.1, -0.05) is 78.9 Å². The van der Waals surface area contributed by atoms with E-state index < -0.39 is 29.6 Å². The second-order valence-electron chi connectivity index (χ2n) is 11.0. The third-order valence-corrected chi connectivity index (χ3v) is 8.86. The molecule has 38 heavy (non-hydrogen) atoms. The Morgan fingerprint density at radius 3 is 2.53 bits per heavy atom. The highest BCUT2D eigenvalue weighted by Gasteiger charge is 2.72. The molecule has 2 aromatic rings. The van der Waals surface area contributed by atoms with Crippen molar-refractivity contribution in [3.8, 4) is 0 Å². The lowest BCUT2D eigenvalue weighted by Crippen LogP contribution is -2.56. The summed E-state index contributed by atoms with van der Waals surface area (Å²) in [5.74, 6) is -2.31. The van der Waals surface area contributed by atoms with Gasteiger partial charge in [-0.15, -0.1) is 0 Å². The van der Waals surface area contributed by atoms with Crippen LogP contribution < -0.4 is 10.6 Å². The van der Waals surface area contributed by atoms with E-state index in [1.807, 2.05) is 61.5 Å². The fourth-order valence-corrected chi connectivity index (χ4v) is 6.83. The first kappa shape index (κ1) is 25.1. The molecule has 3 fully saturated rings. The number of hydrogen-bond acceptors (Lipinski definition) is 4. The normalized spacial score (nSPS) is 29.9. The van der Waals surface area contributed by atoms with Crippen molar-refractivity contribution in [3.05, 3.63) is 76.8 Å². The minimum absolute atomic E-state index is 0.0761. The van der Waals surface area contributed by atoms with Crippen molar-refractivity contribution < 1.29 is 19.1 Å². The van der Waals surface area contributed by atoms with Crippen LogP contribution in [0.2, 0.25) is 5.02 Å². The van der Waals surface area contributed by atoms with Crippen LogP contribution in [-0.4, -0.2) is 46.4 Å². The molecule has 8 heteroatoms. The van der Waals surface area contributed by atoms with Crippen molar-refractivity contribution in [2.24, 2.45) is 11.8 Å². The van der Waals surface area contributed by atoms with Crippen molar-refractivity contribution >= 4 is 35.0 Å². The number of nitrogens with zero attached hydrogens (tertiary/aromatic N) is 1. The number of carbonyl (C=O) groups excluding carboxylic acids is 3. The molecule has 1 aliphatic carbocycles. The Labute approximate surface area is 227 Å². The summed E-state index contributed by atoms with van der Waals surface area (Å²) >= 11 is 6.46. The number of likely N-dealkylation sites (tertiary alicyclic amines) is 1. The first-order valence-electron chi connectivity index (χ1n) is 13.5. The molecular formula is C30H32ClN3O4. The van der Waals surface area contributed by atoms with E-state index in [0.29, 0.717) is 10.7 Å². The Morgan fingerprint density at radius 1 is 1.05 bits per heavy atom. The third kappa shape index (κ3) is 4.22. The van der Waals surface area contributed by atoms with Crippen LogP contribution in [0.1, 0.15) is 43.2 Å². The SMILES string of the molecule is Cc1ccc(NC(=O)C2[C@H]3C=CC4(O3)C(C(=O)NC3CCCCC3)N(Cc3ccccc3Cl)C(=O)[C@@H]24)cc1. The average molecular weight is 534 g/mol. The topological polar surface area (TPSA) is 87.7 Å². The number of halogens is 1. The van der Waals surface area contributed by atoms with Gasteiger partial charge >= 0.3 is 0 Å². The van der Waals surface area contributed by atoms with Gasteiger partial charge in [0, 0.05) is 23.3 Å². The van der Waals surface area contributed by atoms with Crippen LogP contribution in [0, 0.1) is 18.8 Å². The van der Waals surface area contributed by atoms with Gasteiger partial charge in [0.1, 0.15) is 11.6 Å². The Bertz CT molecular complexity index is 1290. The van der Waals surface area contributed by atoms with Crippen LogP contribution >= 0.6 is 11.6 Å². The average Bonchev–Trinajstić information content (AvgIpc) is 3.55. The maximum atomic E-state index is 14.1. The second-order valence-corrected chi connectivity index (χ2v) is 11.4. The number of rotatable bonds is 6. The minimum Gasteiger partial charge on any atom is -0.359 e. The molecule has 2 aromatic carbocycles. The van der Waals surface area contributed by atoms with Crippen LogP contribution in [0.3, 0.4) is 0 Å². The highest BCUT2D eigenvalue weighted by molar-refractivity contribution is 6.31. The molecule has 3 heterocycles. The molecule has 1 saturated carbocycles. The highest BCUT2D eigenvalue weighted by Crippen LogP contribution is 2.55. The molecular weight excluding hydrogens is 502 g/mol. The number of ether oxygens (including phenoxy) is 1. The number of aryl methyl sites for hydroxylation is 1. The van der Waals surface area contributed by atoms with Crippen LogP contribution in [0.5, 0.6) is 0 Å². The largest absolute Gasteiger partial charge is 0.359 e. The monoisotopic (exact) mass is 533 g/mol. The maximum absolute atomic E-state index is 14.1. The summed E-state index contributed by atoms with van der Waals surface area (Å²) in [6.45, 7) is 2.14. The van der Waals surface area contributed by atoms with E-state index in [4.69, 9.17) is 16.3 Å². The number of anilines is 1. The Balaban J connectivity index is 1.33. The number of nitrogens with one attached hydrogen (secondary N) is 2.